The molecule has 0 saturated carbocycles. The molecule has 0 aliphatic carbocycles. The fourth-order valence-corrected chi connectivity index (χ4v) is 2.60. The Morgan fingerprint density at radius 1 is 0.690 bits per heavy atom. The minimum absolute atomic E-state index is 0.346. The Balaban J connectivity index is 1.58. The van der Waals surface area contributed by atoms with Crippen molar-refractivity contribution in [1.29, 1.82) is 0 Å². The van der Waals surface area contributed by atoms with Crippen molar-refractivity contribution in [3.63, 3.8) is 0 Å². The molecule has 0 amide bonds. The topological polar surface area (TPSA) is 87.7 Å². The summed E-state index contributed by atoms with van der Waals surface area (Å²) in [5, 5.41) is 9.43. The maximum Gasteiger partial charge on any atom is 0.233 e. The fraction of sp³-hybridized carbons (Fsp3) is 0.0476. The van der Waals surface area contributed by atoms with Crippen molar-refractivity contribution in [3.8, 4) is 0 Å². The molecule has 2 aromatic carbocycles. The highest BCUT2D eigenvalue weighted by atomic mass is 19.1. The smallest absolute Gasteiger partial charge is 0.233 e. The molecule has 2 aromatic heterocycles. The van der Waals surface area contributed by atoms with E-state index in [9.17, 15) is 4.39 Å². The molecule has 0 aliphatic rings. The van der Waals surface area contributed by atoms with E-state index in [2.05, 4.69) is 35.9 Å². The molecule has 0 fully saturated rings. The molecule has 4 aromatic rings. The molecule has 7 nitrogen and oxygen atoms in total. The molecule has 4 rings (SSSR count). The zero-order chi connectivity index (χ0) is 19.9. The molecule has 0 unspecified atom stereocenters. The van der Waals surface area contributed by atoms with Gasteiger partial charge >= 0.3 is 0 Å². The first-order chi connectivity index (χ1) is 14.2. The predicted octanol–water partition coefficient (Wildman–Crippen LogP) is 4.51. The van der Waals surface area contributed by atoms with Gasteiger partial charge in [-0.15, -0.1) is 0 Å². The maximum atomic E-state index is 13.3. The fourth-order valence-electron chi connectivity index (χ4n) is 2.60. The predicted molar refractivity (Wildman–Crippen MR) is 111 cm³/mol. The van der Waals surface area contributed by atoms with Crippen molar-refractivity contribution < 1.29 is 4.39 Å². The third kappa shape index (κ3) is 5.23. The lowest BCUT2D eigenvalue weighted by molar-refractivity contribution is 0.581. The first-order valence-corrected chi connectivity index (χ1v) is 8.99. The first kappa shape index (κ1) is 18.3. The van der Waals surface area contributed by atoms with Crippen LogP contribution < -0.4 is 16.0 Å². The molecule has 2 heterocycles. The van der Waals surface area contributed by atoms with Crippen LogP contribution in [0.25, 0.3) is 0 Å². The number of nitrogens with zero attached hydrogens (tertiary/aromatic N) is 4. The van der Waals surface area contributed by atoms with Crippen molar-refractivity contribution >= 4 is 29.2 Å². The van der Waals surface area contributed by atoms with Crippen LogP contribution in [-0.2, 0) is 6.54 Å². The molecular weight excluding hydrogens is 369 g/mol. The molecule has 0 saturated heterocycles. The number of para-hydroxylation sites is 2. The normalized spacial score (nSPS) is 10.4. The van der Waals surface area contributed by atoms with Gasteiger partial charge in [-0.2, -0.15) is 19.3 Å². The number of halogens is 1. The second kappa shape index (κ2) is 8.75. The quantitative estimate of drug-likeness (QED) is 0.402. The van der Waals surface area contributed by atoms with Crippen LogP contribution in [0.1, 0.15) is 5.56 Å². The van der Waals surface area contributed by atoms with E-state index in [-0.39, 0.29) is 0 Å². The molecule has 29 heavy (non-hydrogen) atoms. The molecule has 0 radical (unpaired) electrons. The zero-order valence-corrected chi connectivity index (χ0v) is 15.4. The molecule has 0 bridgehead atoms. The van der Waals surface area contributed by atoms with Gasteiger partial charge < -0.3 is 16.0 Å². The van der Waals surface area contributed by atoms with Gasteiger partial charge in [0.2, 0.25) is 23.8 Å². The lowest BCUT2D eigenvalue weighted by atomic mass is 10.3. The summed E-state index contributed by atoms with van der Waals surface area (Å²) in [7, 11) is 0. The lowest BCUT2D eigenvalue weighted by Gasteiger charge is -2.11. The number of hydrogen-bond donors (Lipinski definition) is 3. The Morgan fingerprint density at radius 3 is 1.79 bits per heavy atom. The Bertz CT molecular complexity index is 1010. The van der Waals surface area contributed by atoms with Crippen molar-refractivity contribution in [2.45, 2.75) is 6.54 Å². The number of nitrogens with one attached hydrogen (secondary N) is 3. The molecule has 0 atom stereocenters. The number of benzene rings is 2. The Morgan fingerprint density at radius 2 is 1.24 bits per heavy atom. The van der Waals surface area contributed by atoms with E-state index in [1.807, 2.05) is 60.7 Å². The third-order valence-electron chi connectivity index (χ3n) is 3.94. The average molecular weight is 387 g/mol. The van der Waals surface area contributed by atoms with Crippen LogP contribution in [0.3, 0.4) is 0 Å². The number of rotatable bonds is 7. The SMILES string of the molecule is Fc1cc(CNc2nc(Nc3ccccc3)nc(Nc3ccccc3)n2)ccn1. The number of anilines is 5. The molecule has 144 valence electrons. The van der Waals surface area contributed by atoms with Crippen LogP contribution in [-0.4, -0.2) is 19.9 Å². The highest BCUT2D eigenvalue weighted by Crippen LogP contribution is 2.18. The minimum Gasteiger partial charge on any atom is -0.350 e. The highest BCUT2D eigenvalue weighted by Gasteiger charge is 2.08. The monoisotopic (exact) mass is 387 g/mol. The van der Waals surface area contributed by atoms with E-state index < -0.39 is 5.95 Å². The van der Waals surface area contributed by atoms with Crippen LogP contribution in [0.2, 0.25) is 0 Å². The van der Waals surface area contributed by atoms with Gasteiger partial charge in [-0.3, -0.25) is 0 Å². The van der Waals surface area contributed by atoms with E-state index >= 15 is 0 Å². The highest BCUT2D eigenvalue weighted by molar-refractivity contribution is 5.59. The molecule has 0 aliphatic heterocycles. The number of pyridine rings is 1. The van der Waals surface area contributed by atoms with Gasteiger partial charge in [0.15, 0.2) is 0 Å². The number of aromatic nitrogens is 4. The van der Waals surface area contributed by atoms with E-state index in [0.29, 0.717) is 24.4 Å². The zero-order valence-electron chi connectivity index (χ0n) is 15.4. The van der Waals surface area contributed by atoms with Gasteiger partial charge in [-0.1, -0.05) is 36.4 Å². The maximum absolute atomic E-state index is 13.3. The molecular formula is C21H18FN7. The molecule has 0 spiro atoms. The van der Waals surface area contributed by atoms with Crippen molar-refractivity contribution in [3.05, 3.63) is 90.5 Å². The standard InChI is InChI=1S/C21H18FN7/c22-18-13-15(11-12-23-18)14-24-19-27-20(25-16-7-3-1-4-8-16)29-21(28-19)26-17-9-5-2-6-10-17/h1-13H,14H2,(H3,24,25,26,27,28,29). The van der Waals surface area contributed by atoms with Gasteiger partial charge in [0, 0.05) is 24.1 Å². The largest absolute Gasteiger partial charge is 0.350 e. The summed E-state index contributed by atoms with van der Waals surface area (Å²) in [5.74, 6) is 0.591. The summed E-state index contributed by atoms with van der Waals surface area (Å²) in [6, 6.07) is 22.3. The Hall–Kier alpha value is -4.07. The van der Waals surface area contributed by atoms with Crippen LogP contribution in [0, 0.1) is 5.95 Å². The van der Waals surface area contributed by atoms with Crippen LogP contribution in [0.15, 0.2) is 79.0 Å². The van der Waals surface area contributed by atoms with Gasteiger partial charge in [-0.05, 0) is 42.0 Å². The third-order valence-corrected chi connectivity index (χ3v) is 3.94. The summed E-state index contributed by atoms with van der Waals surface area (Å²) in [6.45, 7) is 0.346. The van der Waals surface area contributed by atoms with Crippen LogP contribution >= 0.6 is 0 Å². The number of hydrogen-bond acceptors (Lipinski definition) is 7. The van der Waals surface area contributed by atoms with E-state index in [4.69, 9.17) is 0 Å². The lowest BCUT2D eigenvalue weighted by Crippen LogP contribution is -2.09. The second-order valence-electron chi connectivity index (χ2n) is 6.13. The van der Waals surface area contributed by atoms with Gasteiger partial charge in [0.25, 0.3) is 0 Å². The summed E-state index contributed by atoms with van der Waals surface area (Å²) < 4.78 is 13.3. The van der Waals surface area contributed by atoms with Gasteiger partial charge in [0.05, 0.1) is 0 Å². The van der Waals surface area contributed by atoms with E-state index in [1.165, 1.54) is 12.3 Å². The average Bonchev–Trinajstić information content (AvgIpc) is 2.74. The molecule has 3 N–H and O–H groups in total. The van der Waals surface area contributed by atoms with Crippen molar-refractivity contribution in [1.82, 2.24) is 19.9 Å². The van der Waals surface area contributed by atoms with E-state index in [1.54, 1.807) is 6.07 Å². The van der Waals surface area contributed by atoms with Crippen LogP contribution in [0.4, 0.5) is 33.6 Å². The summed E-state index contributed by atoms with van der Waals surface area (Å²) >= 11 is 0. The Labute approximate surface area is 167 Å². The van der Waals surface area contributed by atoms with Gasteiger partial charge in [-0.25, -0.2) is 4.98 Å². The van der Waals surface area contributed by atoms with Crippen molar-refractivity contribution in [2.75, 3.05) is 16.0 Å². The van der Waals surface area contributed by atoms with Gasteiger partial charge in [0.1, 0.15) is 0 Å². The first-order valence-electron chi connectivity index (χ1n) is 8.99. The Kier molecular flexibility index (Phi) is 5.52. The van der Waals surface area contributed by atoms with E-state index in [0.717, 1.165) is 16.9 Å². The molecule has 8 heteroatoms. The second-order valence-corrected chi connectivity index (χ2v) is 6.13. The summed E-state index contributed by atoms with van der Waals surface area (Å²) in [5.41, 5.74) is 2.44. The summed E-state index contributed by atoms with van der Waals surface area (Å²) in [4.78, 5) is 16.8. The summed E-state index contributed by atoms with van der Waals surface area (Å²) in [6.07, 6.45) is 1.42. The minimum atomic E-state index is -0.530. The van der Waals surface area contributed by atoms with Crippen LogP contribution in [0.5, 0.6) is 0 Å². The van der Waals surface area contributed by atoms with Crippen molar-refractivity contribution in [2.24, 2.45) is 0 Å².